The molecule has 1 unspecified atom stereocenters. The SMILES string of the molecule is CNCCc1c(C2CCCO2)n(C)c2ccccc12. The number of likely N-dealkylation sites (N-methyl/N-ethyl adjacent to an activating group) is 1. The highest BCUT2D eigenvalue weighted by atomic mass is 16.5. The lowest BCUT2D eigenvalue weighted by molar-refractivity contribution is 0.106. The first-order valence-corrected chi connectivity index (χ1v) is 7.15. The van der Waals surface area contributed by atoms with Gasteiger partial charge in [-0.25, -0.2) is 0 Å². The van der Waals surface area contributed by atoms with E-state index in [9.17, 15) is 0 Å². The molecule has 0 bridgehead atoms. The van der Waals surface area contributed by atoms with Crippen LogP contribution in [0.3, 0.4) is 0 Å². The van der Waals surface area contributed by atoms with Gasteiger partial charge in [0.2, 0.25) is 0 Å². The standard InChI is InChI=1S/C16H22N2O/c1-17-10-9-13-12-6-3-4-7-14(12)18(2)16(13)15-8-5-11-19-15/h3-4,6-7,15,17H,5,8-11H2,1-2H3. The van der Waals surface area contributed by atoms with E-state index in [0.717, 1.165) is 26.0 Å². The van der Waals surface area contributed by atoms with Crippen LogP contribution in [0.5, 0.6) is 0 Å². The molecule has 1 atom stereocenters. The first-order valence-electron chi connectivity index (χ1n) is 7.15. The number of hydrogen-bond acceptors (Lipinski definition) is 2. The number of hydrogen-bond donors (Lipinski definition) is 1. The van der Waals surface area contributed by atoms with Gasteiger partial charge in [-0.1, -0.05) is 18.2 Å². The zero-order valence-corrected chi connectivity index (χ0v) is 11.8. The Balaban J connectivity index is 2.13. The van der Waals surface area contributed by atoms with Crippen LogP contribution in [0.1, 0.15) is 30.2 Å². The van der Waals surface area contributed by atoms with Gasteiger partial charge in [0, 0.05) is 24.6 Å². The number of nitrogens with zero attached hydrogens (tertiary/aromatic N) is 1. The van der Waals surface area contributed by atoms with Gasteiger partial charge in [-0.05, 0) is 44.5 Å². The number of fused-ring (bicyclic) bond motifs is 1. The normalized spacial score (nSPS) is 19.4. The number of aryl methyl sites for hydroxylation is 1. The molecule has 3 nitrogen and oxygen atoms in total. The maximum absolute atomic E-state index is 5.93. The smallest absolute Gasteiger partial charge is 0.0978 e. The van der Waals surface area contributed by atoms with Crippen molar-refractivity contribution < 1.29 is 4.74 Å². The minimum absolute atomic E-state index is 0.282. The maximum Gasteiger partial charge on any atom is 0.0978 e. The van der Waals surface area contributed by atoms with Gasteiger partial charge >= 0.3 is 0 Å². The first kappa shape index (κ1) is 12.7. The van der Waals surface area contributed by atoms with Crippen LogP contribution < -0.4 is 5.32 Å². The molecule has 1 saturated heterocycles. The number of aromatic nitrogens is 1. The van der Waals surface area contributed by atoms with Crippen LogP contribution in [0.25, 0.3) is 10.9 Å². The van der Waals surface area contributed by atoms with Crippen LogP contribution in [-0.2, 0) is 18.2 Å². The Morgan fingerprint density at radius 2 is 2.21 bits per heavy atom. The fourth-order valence-electron chi connectivity index (χ4n) is 3.21. The van der Waals surface area contributed by atoms with E-state index in [1.54, 1.807) is 0 Å². The van der Waals surface area contributed by atoms with Crippen molar-refractivity contribution in [2.75, 3.05) is 20.2 Å². The number of ether oxygens (including phenoxy) is 1. The van der Waals surface area contributed by atoms with Crippen molar-refractivity contribution in [1.29, 1.82) is 0 Å². The average Bonchev–Trinajstić information content (AvgIpc) is 3.04. The molecule has 0 spiro atoms. The van der Waals surface area contributed by atoms with Crippen molar-refractivity contribution in [2.24, 2.45) is 7.05 Å². The van der Waals surface area contributed by atoms with E-state index in [2.05, 4.69) is 41.2 Å². The van der Waals surface area contributed by atoms with E-state index >= 15 is 0 Å². The number of rotatable bonds is 4. The summed E-state index contributed by atoms with van der Waals surface area (Å²) < 4.78 is 8.26. The summed E-state index contributed by atoms with van der Waals surface area (Å²) >= 11 is 0. The summed E-state index contributed by atoms with van der Waals surface area (Å²) in [4.78, 5) is 0. The second-order valence-electron chi connectivity index (χ2n) is 5.30. The molecule has 1 fully saturated rings. The highest BCUT2D eigenvalue weighted by Gasteiger charge is 2.25. The van der Waals surface area contributed by atoms with Crippen LogP contribution in [0.2, 0.25) is 0 Å². The second kappa shape index (κ2) is 5.35. The molecule has 0 amide bonds. The van der Waals surface area contributed by atoms with Crippen LogP contribution in [0.15, 0.2) is 24.3 Å². The lowest BCUT2D eigenvalue weighted by Gasteiger charge is -2.14. The van der Waals surface area contributed by atoms with Crippen molar-refractivity contribution in [2.45, 2.75) is 25.4 Å². The number of benzene rings is 1. The lowest BCUT2D eigenvalue weighted by Crippen LogP contribution is -2.13. The Hall–Kier alpha value is -1.32. The average molecular weight is 258 g/mol. The van der Waals surface area contributed by atoms with Crippen molar-refractivity contribution in [3.63, 3.8) is 0 Å². The minimum atomic E-state index is 0.282. The summed E-state index contributed by atoms with van der Waals surface area (Å²) in [5.41, 5.74) is 4.16. The molecule has 0 radical (unpaired) electrons. The largest absolute Gasteiger partial charge is 0.372 e. The van der Waals surface area contributed by atoms with Gasteiger partial charge in [-0.15, -0.1) is 0 Å². The summed E-state index contributed by atoms with van der Waals surface area (Å²) in [5, 5.41) is 4.64. The first-order chi connectivity index (χ1) is 9.33. The predicted octanol–water partition coefficient (Wildman–Crippen LogP) is 2.79. The quantitative estimate of drug-likeness (QED) is 0.912. The van der Waals surface area contributed by atoms with Crippen molar-refractivity contribution in [3.05, 3.63) is 35.5 Å². The number of nitrogens with one attached hydrogen (secondary N) is 1. The summed E-state index contributed by atoms with van der Waals surface area (Å²) in [7, 11) is 4.18. The maximum atomic E-state index is 5.93. The van der Waals surface area contributed by atoms with Gasteiger partial charge < -0.3 is 14.6 Å². The van der Waals surface area contributed by atoms with Gasteiger partial charge in [-0.3, -0.25) is 0 Å². The molecule has 0 saturated carbocycles. The van der Waals surface area contributed by atoms with Crippen molar-refractivity contribution in [3.8, 4) is 0 Å². The highest BCUT2D eigenvalue weighted by Crippen LogP contribution is 2.36. The van der Waals surface area contributed by atoms with E-state index < -0.39 is 0 Å². The molecule has 1 aromatic heterocycles. The predicted molar refractivity (Wildman–Crippen MR) is 78.5 cm³/mol. The molecule has 102 valence electrons. The molecule has 1 aliphatic rings. The Morgan fingerprint density at radius 3 is 2.95 bits per heavy atom. The van der Waals surface area contributed by atoms with Crippen molar-refractivity contribution >= 4 is 10.9 Å². The summed E-state index contributed by atoms with van der Waals surface area (Å²) in [6.45, 7) is 1.91. The third-order valence-corrected chi connectivity index (χ3v) is 4.12. The Labute approximate surface area is 114 Å². The van der Waals surface area contributed by atoms with E-state index in [1.165, 1.54) is 28.6 Å². The molecule has 0 aliphatic carbocycles. The molecule has 1 N–H and O–H groups in total. The van der Waals surface area contributed by atoms with Crippen LogP contribution in [0.4, 0.5) is 0 Å². The van der Waals surface area contributed by atoms with Crippen molar-refractivity contribution in [1.82, 2.24) is 9.88 Å². The molecule has 3 rings (SSSR count). The fourth-order valence-corrected chi connectivity index (χ4v) is 3.21. The molecular weight excluding hydrogens is 236 g/mol. The molecule has 2 heterocycles. The summed E-state index contributed by atoms with van der Waals surface area (Å²) in [6.07, 6.45) is 3.67. The zero-order valence-electron chi connectivity index (χ0n) is 11.8. The summed E-state index contributed by atoms with van der Waals surface area (Å²) in [5.74, 6) is 0. The molecule has 19 heavy (non-hydrogen) atoms. The molecule has 1 aliphatic heterocycles. The Morgan fingerprint density at radius 1 is 1.37 bits per heavy atom. The van der Waals surface area contributed by atoms with Crippen LogP contribution in [-0.4, -0.2) is 24.8 Å². The topological polar surface area (TPSA) is 26.2 Å². The van der Waals surface area contributed by atoms with E-state index in [0.29, 0.717) is 0 Å². The zero-order chi connectivity index (χ0) is 13.2. The third-order valence-electron chi connectivity index (χ3n) is 4.12. The van der Waals surface area contributed by atoms with Gasteiger partial charge in [0.25, 0.3) is 0 Å². The van der Waals surface area contributed by atoms with Crippen LogP contribution in [0, 0.1) is 0 Å². The van der Waals surface area contributed by atoms with Gasteiger partial charge in [0.05, 0.1) is 11.8 Å². The number of para-hydroxylation sites is 1. The van der Waals surface area contributed by atoms with Crippen LogP contribution >= 0.6 is 0 Å². The van der Waals surface area contributed by atoms with E-state index in [4.69, 9.17) is 4.74 Å². The Bertz CT molecular complexity index is 567. The van der Waals surface area contributed by atoms with Gasteiger partial charge in [-0.2, -0.15) is 0 Å². The van der Waals surface area contributed by atoms with E-state index in [1.807, 2.05) is 7.05 Å². The molecule has 1 aromatic carbocycles. The Kier molecular flexibility index (Phi) is 3.58. The molecular formula is C16H22N2O. The highest BCUT2D eigenvalue weighted by molar-refractivity contribution is 5.85. The van der Waals surface area contributed by atoms with E-state index in [-0.39, 0.29) is 6.10 Å². The van der Waals surface area contributed by atoms with Gasteiger partial charge in [0.1, 0.15) is 0 Å². The summed E-state index contributed by atoms with van der Waals surface area (Å²) in [6, 6.07) is 8.68. The lowest BCUT2D eigenvalue weighted by atomic mass is 10.0. The van der Waals surface area contributed by atoms with Gasteiger partial charge in [0.15, 0.2) is 0 Å². The second-order valence-corrected chi connectivity index (χ2v) is 5.30. The molecule has 2 aromatic rings. The monoisotopic (exact) mass is 258 g/mol. The fraction of sp³-hybridized carbons (Fsp3) is 0.500. The minimum Gasteiger partial charge on any atom is -0.372 e. The third kappa shape index (κ3) is 2.17. The molecule has 3 heteroatoms.